The lowest BCUT2D eigenvalue weighted by Gasteiger charge is -2.05. The molecule has 0 saturated heterocycles. The van der Waals surface area contributed by atoms with Gasteiger partial charge in [0.15, 0.2) is 0 Å². The quantitative estimate of drug-likeness (QED) is 0.775. The Hall–Kier alpha value is -1.62. The van der Waals surface area contributed by atoms with E-state index in [1.54, 1.807) is 17.5 Å². The highest BCUT2D eigenvalue weighted by molar-refractivity contribution is 7.16. The first kappa shape index (κ1) is 13.4. The van der Waals surface area contributed by atoms with Crippen molar-refractivity contribution in [2.45, 2.75) is 13.1 Å². The summed E-state index contributed by atoms with van der Waals surface area (Å²) < 4.78 is 2.69. The molecule has 0 amide bonds. The molecule has 0 aliphatic rings. The van der Waals surface area contributed by atoms with Crippen LogP contribution in [0.4, 0.5) is 0 Å². The van der Waals surface area contributed by atoms with Crippen molar-refractivity contribution in [1.29, 1.82) is 0 Å². The molecular formula is C15H14ClN3S. The molecule has 0 aliphatic carbocycles. The van der Waals surface area contributed by atoms with Gasteiger partial charge in [-0.3, -0.25) is 0 Å². The Kier molecular flexibility index (Phi) is 4.16. The molecule has 102 valence electrons. The van der Waals surface area contributed by atoms with Gasteiger partial charge in [-0.1, -0.05) is 23.7 Å². The largest absolute Gasteiger partial charge is 0.308 e. The molecule has 2 heterocycles. The van der Waals surface area contributed by atoms with Crippen LogP contribution in [0.1, 0.15) is 10.4 Å². The Balaban J connectivity index is 1.56. The molecule has 0 spiro atoms. The number of halogens is 1. The highest BCUT2D eigenvalue weighted by atomic mass is 35.5. The highest BCUT2D eigenvalue weighted by Gasteiger charge is 1.99. The Morgan fingerprint density at radius 3 is 2.60 bits per heavy atom. The Morgan fingerprint density at radius 1 is 1.10 bits per heavy atom. The highest BCUT2D eigenvalue weighted by Crippen LogP contribution is 2.21. The molecule has 2 aromatic heterocycles. The van der Waals surface area contributed by atoms with Crippen LogP contribution in [-0.2, 0) is 13.1 Å². The number of nitrogens with one attached hydrogen (secondary N) is 1. The van der Waals surface area contributed by atoms with Gasteiger partial charge in [-0.25, -0.2) is 4.68 Å². The average Bonchev–Trinajstić information content (AvgIpc) is 3.11. The summed E-state index contributed by atoms with van der Waals surface area (Å²) in [4.78, 5) is 1.25. The zero-order valence-corrected chi connectivity index (χ0v) is 12.4. The number of aromatic nitrogens is 2. The van der Waals surface area contributed by atoms with Gasteiger partial charge in [0.25, 0.3) is 0 Å². The van der Waals surface area contributed by atoms with Crippen molar-refractivity contribution in [2.24, 2.45) is 0 Å². The fourth-order valence-electron chi connectivity index (χ4n) is 1.96. The van der Waals surface area contributed by atoms with E-state index in [0.29, 0.717) is 0 Å². The van der Waals surface area contributed by atoms with Gasteiger partial charge in [-0.2, -0.15) is 5.10 Å². The number of hydrogen-bond acceptors (Lipinski definition) is 3. The lowest BCUT2D eigenvalue weighted by Crippen LogP contribution is -2.11. The van der Waals surface area contributed by atoms with Gasteiger partial charge < -0.3 is 5.32 Å². The predicted octanol–water partition coefficient (Wildman–Crippen LogP) is 3.88. The van der Waals surface area contributed by atoms with Crippen molar-refractivity contribution >= 4 is 22.9 Å². The van der Waals surface area contributed by atoms with Crippen LogP contribution in [0.5, 0.6) is 0 Å². The third-order valence-corrected chi connectivity index (χ3v) is 4.19. The molecule has 5 heteroatoms. The van der Waals surface area contributed by atoms with E-state index in [1.165, 1.54) is 10.4 Å². The van der Waals surface area contributed by atoms with Crippen molar-refractivity contribution in [3.8, 4) is 5.69 Å². The van der Waals surface area contributed by atoms with E-state index >= 15 is 0 Å². The van der Waals surface area contributed by atoms with Crippen LogP contribution in [0.15, 0.2) is 54.9 Å². The number of thiophene rings is 1. The smallest absolute Gasteiger partial charge is 0.0931 e. The van der Waals surface area contributed by atoms with E-state index in [0.717, 1.165) is 23.1 Å². The molecule has 0 unspecified atom stereocenters. The Labute approximate surface area is 126 Å². The molecule has 0 saturated carbocycles. The lowest BCUT2D eigenvalue weighted by atomic mass is 10.2. The summed E-state index contributed by atoms with van der Waals surface area (Å²) in [5.74, 6) is 0. The number of rotatable bonds is 5. The maximum atomic E-state index is 5.91. The summed E-state index contributed by atoms with van der Waals surface area (Å²) in [7, 11) is 0. The molecular weight excluding hydrogens is 290 g/mol. The van der Waals surface area contributed by atoms with E-state index in [2.05, 4.69) is 40.7 Å². The summed E-state index contributed by atoms with van der Waals surface area (Å²) in [5.41, 5.74) is 2.33. The maximum Gasteiger partial charge on any atom is 0.0931 e. The standard InChI is InChI=1S/C15H14ClN3S/c16-15-7-6-14(20-15)11-17-10-12-2-4-13(5-3-12)19-9-1-8-18-19/h1-9,17H,10-11H2. The second-order valence-corrected chi connectivity index (χ2v) is 6.23. The third-order valence-electron chi connectivity index (χ3n) is 2.96. The number of benzene rings is 1. The first-order valence-electron chi connectivity index (χ1n) is 6.35. The molecule has 0 aliphatic heterocycles. The average molecular weight is 304 g/mol. The molecule has 3 nitrogen and oxygen atoms in total. The maximum absolute atomic E-state index is 5.91. The fourth-order valence-corrected chi connectivity index (χ4v) is 3.02. The number of hydrogen-bond donors (Lipinski definition) is 1. The van der Waals surface area contributed by atoms with Crippen molar-refractivity contribution in [1.82, 2.24) is 15.1 Å². The van der Waals surface area contributed by atoms with Crippen LogP contribution < -0.4 is 5.32 Å². The molecule has 0 radical (unpaired) electrons. The summed E-state index contributed by atoms with van der Waals surface area (Å²) in [5, 5.41) is 7.63. The van der Waals surface area contributed by atoms with Crippen LogP contribution in [0, 0.1) is 0 Å². The second kappa shape index (κ2) is 6.22. The molecule has 0 fully saturated rings. The lowest BCUT2D eigenvalue weighted by molar-refractivity contribution is 0.700. The van der Waals surface area contributed by atoms with Gasteiger partial charge in [-0.05, 0) is 35.9 Å². The van der Waals surface area contributed by atoms with Crippen LogP contribution >= 0.6 is 22.9 Å². The van der Waals surface area contributed by atoms with Gasteiger partial charge >= 0.3 is 0 Å². The molecule has 20 heavy (non-hydrogen) atoms. The first-order chi connectivity index (χ1) is 9.81. The van der Waals surface area contributed by atoms with Crippen LogP contribution in [0.3, 0.4) is 0 Å². The monoisotopic (exact) mass is 303 g/mol. The minimum atomic E-state index is 0.838. The van der Waals surface area contributed by atoms with E-state index in [-0.39, 0.29) is 0 Å². The summed E-state index contributed by atoms with van der Waals surface area (Å²) in [6.45, 7) is 1.69. The van der Waals surface area contributed by atoms with Crippen LogP contribution in [-0.4, -0.2) is 9.78 Å². The van der Waals surface area contributed by atoms with E-state index in [4.69, 9.17) is 11.6 Å². The summed E-state index contributed by atoms with van der Waals surface area (Å²) in [6.07, 6.45) is 3.72. The SMILES string of the molecule is Clc1ccc(CNCc2ccc(-n3cccn3)cc2)s1. The van der Waals surface area contributed by atoms with Gasteiger partial charge in [0.1, 0.15) is 0 Å². The second-order valence-electron chi connectivity index (χ2n) is 4.43. The van der Waals surface area contributed by atoms with Crippen LogP contribution in [0.2, 0.25) is 4.34 Å². The zero-order chi connectivity index (χ0) is 13.8. The molecule has 3 aromatic rings. The van der Waals surface area contributed by atoms with Gasteiger partial charge in [0.2, 0.25) is 0 Å². The normalized spacial score (nSPS) is 10.8. The van der Waals surface area contributed by atoms with E-state index in [9.17, 15) is 0 Å². The van der Waals surface area contributed by atoms with Crippen molar-refractivity contribution in [2.75, 3.05) is 0 Å². The van der Waals surface area contributed by atoms with Crippen LogP contribution in [0.25, 0.3) is 5.69 Å². The zero-order valence-electron chi connectivity index (χ0n) is 10.8. The minimum absolute atomic E-state index is 0.838. The Morgan fingerprint density at radius 2 is 1.95 bits per heavy atom. The molecule has 1 aromatic carbocycles. The van der Waals surface area contributed by atoms with Crippen molar-refractivity contribution in [3.05, 3.63) is 69.6 Å². The molecule has 0 atom stereocenters. The fraction of sp³-hybridized carbons (Fsp3) is 0.133. The molecule has 3 rings (SSSR count). The molecule has 1 N–H and O–H groups in total. The third kappa shape index (κ3) is 3.28. The van der Waals surface area contributed by atoms with Gasteiger partial charge in [0, 0.05) is 30.4 Å². The number of nitrogens with zero attached hydrogens (tertiary/aromatic N) is 2. The van der Waals surface area contributed by atoms with Gasteiger partial charge in [-0.15, -0.1) is 11.3 Å². The first-order valence-corrected chi connectivity index (χ1v) is 7.54. The topological polar surface area (TPSA) is 29.9 Å². The van der Waals surface area contributed by atoms with E-state index < -0.39 is 0 Å². The Bertz CT molecular complexity index is 659. The summed E-state index contributed by atoms with van der Waals surface area (Å²) >= 11 is 7.52. The predicted molar refractivity (Wildman–Crippen MR) is 83.4 cm³/mol. The van der Waals surface area contributed by atoms with Gasteiger partial charge in [0.05, 0.1) is 10.0 Å². The molecule has 0 bridgehead atoms. The van der Waals surface area contributed by atoms with Crippen molar-refractivity contribution < 1.29 is 0 Å². The van der Waals surface area contributed by atoms with E-state index in [1.807, 2.05) is 23.0 Å². The minimum Gasteiger partial charge on any atom is -0.308 e. The summed E-state index contributed by atoms with van der Waals surface area (Å²) in [6, 6.07) is 14.3. The van der Waals surface area contributed by atoms with Crippen molar-refractivity contribution in [3.63, 3.8) is 0 Å².